The van der Waals surface area contributed by atoms with E-state index in [2.05, 4.69) is 0 Å². The number of imide groups is 1. The normalized spacial score (nSPS) is 15.0. The Morgan fingerprint density at radius 2 is 1.76 bits per heavy atom. The first-order valence-corrected chi connectivity index (χ1v) is 10.9. The summed E-state index contributed by atoms with van der Waals surface area (Å²) in [6, 6.07) is 23.1. The predicted molar refractivity (Wildman–Crippen MR) is 126 cm³/mol. The Hall–Kier alpha value is -4.17. The third-order valence-corrected chi connectivity index (χ3v) is 6.23. The van der Waals surface area contributed by atoms with E-state index in [9.17, 15) is 19.7 Å². The highest BCUT2D eigenvalue weighted by Gasteiger charge is 2.35. The minimum atomic E-state index is -0.473. The molecule has 2 heterocycles. The molecule has 3 aromatic carbocycles. The zero-order valence-electron chi connectivity index (χ0n) is 17.1. The van der Waals surface area contributed by atoms with Crippen molar-refractivity contribution in [3.63, 3.8) is 0 Å². The van der Waals surface area contributed by atoms with Crippen molar-refractivity contribution in [3.8, 4) is 11.3 Å². The highest BCUT2D eigenvalue weighted by Crippen LogP contribution is 2.35. The number of nitro benzene ring substituents is 1. The summed E-state index contributed by atoms with van der Waals surface area (Å²) in [6.07, 6.45) is 1.52. The molecule has 5 rings (SSSR count). The lowest BCUT2D eigenvalue weighted by molar-refractivity contribution is -0.384. The molecule has 1 aliphatic heterocycles. The van der Waals surface area contributed by atoms with Crippen LogP contribution in [0.3, 0.4) is 0 Å². The molecule has 0 spiro atoms. The third-order valence-electron chi connectivity index (χ3n) is 5.32. The molecule has 0 N–H and O–H groups in total. The van der Waals surface area contributed by atoms with Gasteiger partial charge >= 0.3 is 0 Å². The smallest absolute Gasteiger partial charge is 0.293 e. The number of furan rings is 1. The predicted octanol–water partition coefficient (Wildman–Crippen LogP) is 6.24. The molecule has 0 unspecified atom stereocenters. The van der Waals surface area contributed by atoms with Crippen molar-refractivity contribution >= 4 is 45.4 Å². The van der Waals surface area contributed by atoms with E-state index < -0.39 is 4.92 Å². The van der Waals surface area contributed by atoms with Crippen LogP contribution >= 0.6 is 11.8 Å². The lowest BCUT2D eigenvalue weighted by Crippen LogP contribution is -2.27. The standard InChI is InChI=1S/C25H16N2O5S/c28-24-23(14-20-11-12-22(32-20)17-7-4-9-19(13-17)27(30)31)33-25(29)26(24)15-18-8-3-6-16-5-1-2-10-21(16)18/h1-14H,15H2/b23-14+. The van der Waals surface area contributed by atoms with Gasteiger partial charge in [0.05, 0.1) is 16.4 Å². The average Bonchev–Trinajstić information content (AvgIpc) is 3.40. The molecular weight excluding hydrogens is 440 g/mol. The molecule has 4 aromatic rings. The van der Waals surface area contributed by atoms with E-state index in [-0.39, 0.29) is 28.3 Å². The Bertz CT molecular complexity index is 1450. The van der Waals surface area contributed by atoms with E-state index in [0.717, 1.165) is 28.1 Å². The van der Waals surface area contributed by atoms with Gasteiger partial charge in [-0.2, -0.15) is 0 Å². The zero-order chi connectivity index (χ0) is 22.9. The fourth-order valence-electron chi connectivity index (χ4n) is 3.72. The summed E-state index contributed by atoms with van der Waals surface area (Å²) in [7, 11) is 0. The van der Waals surface area contributed by atoms with E-state index in [1.807, 2.05) is 42.5 Å². The fourth-order valence-corrected chi connectivity index (χ4v) is 4.54. The largest absolute Gasteiger partial charge is 0.457 e. The molecule has 1 saturated heterocycles. The number of fused-ring (bicyclic) bond motifs is 1. The SMILES string of the molecule is O=C1S/C(=C/c2ccc(-c3cccc([N+](=O)[O-])c3)o2)C(=O)N1Cc1cccc2ccccc12. The molecule has 162 valence electrons. The molecule has 0 saturated carbocycles. The van der Waals surface area contributed by atoms with Gasteiger partial charge in [0.2, 0.25) is 0 Å². The molecule has 0 bridgehead atoms. The van der Waals surface area contributed by atoms with Gasteiger partial charge in [0, 0.05) is 23.8 Å². The maximum absolute atomic E-state index is 13.0. The van der Waals surface area contributed by atoms with Crippen LogP contribution in [0.4, 0.5) is 10.5 Å². The summed E-state index contributed by atoms with van der Waals surface area (Å²) in [4.78, 5) is 37.6. The molecule has 1 aromatic heterocycles. The van der Waals surface area contributed by atoms with E-state index in [0.29, 0.717) is 17.1 Å². The maximum Gasteiger partial charge on any atom is 0.293 e. The summed E-state index contributed by atoms with van der Waals surface area (Å²) in [5.74, 6) is 0.429. The highest BCUT2D eigenvalue weighted by molar-refractivity contribution is 8.18. The second kappa shape index (κ2) is 8.40. The summed E-state index contributed by atoms with van der Waals surface area (Å²) in [5, 5.41) is 12.7. The summed E-state index contributed by atoms with van der Waals surface area (Å²) in [6.45, 7) is 0.181. The van der Waals surface area contributed by atoms with E-state index in [1.165, 1.54) is 23.1 Å². The average molecular weight is 456 g/mol. The number of amides is 2. The minimum Gasteiger partial charge on any atom is -0.457 e. The summed E-state index contributed by atoms with van der Waals surface area (Å²) in [5.41, 5.74) is 1.40. The van der Waals surface area contributed by atoms with Crippen LogP contribution in [0.1, 0.15) is 11.3 Å². The number of rotatable bonds is 5. The molecule has 0 aliphatic carbocycles. The van der Waals surface area contributed by atoms with Gasteiger partial charge in [-0.3, -0.25) is 24.6 Å². The van der Waals surface area contributed by atoms with Gasteiger partial charge in [-0.15, -0.1) is 0 Å². The molecule has 1 fully saturated rings. The van der Waals surface area contributed by atoms with Crippen LogP contribution in [0.15, 0.2) is 88.2 Å². The number of nitrogens with zero attached hydrogens (tertiary/aromatic N) is 2. The molecule has 1 aliphatic rings. The van der Waals surface area contributed by atoms with Crippen molar-refractivity contribution in [2.75, 3.05) is 0 Å². The molecule has 8 heteroatoms. The Balaban J connectivity index is 1.39. The quantitative estimate of drug-likeness (QED) is 0.200. The van der Waals surface area contributed by atoms with Crippen molar-refractivity contribution in [2.45, 2.75) is 6.54 Å². The van der Waals surface area contributed by atoms with E-state index in [1.54, 1.807) is 24.3 Å². The number of non-ortho nitro benzene ring substituents is 1. The van der Waals surface area contributed by atoms with Crippen molar-refractivity contribution < 1.29 is 18.9 Å². The second-order valence-corrected chi connectivity index (χ2v) is 8.41. The van der Waals surface area contributed by atoms with Crippen LogP contribution in [-0.4, -0.2) is 21.0 Å². The Labute approximate surface area is 192 Å². The zero-order valence-corrected chi connectivity index (χ0v) is 18.0. The van der Waals surface area contributed by atoms with Crippen LogP contribution in [0, 0.1) is 10.1 Å². The Morgan fingerprint density at radius 3 is 2.61 bits per heavy atom. The summed E-state index contributed by atoms with van der Waals surface area (Å²) < 4.78 is 5.77. The van der Waals surface area contributed by atoms with Crippen molar-refractivity contribution in [3.05, 3.63) is 105 Å². The second-order valence-electron chi connectivity index (χ2n) is 7.42. The van der Waals surface area contributed by atoms with E-state index in [4.69, 9.17) is 4.42 Å². The minimum absolute atomic E-state index is 0.0417. The molecule has 33 heavy (non-hydrogen) atoms. The Kier molecular flexibility index (Phi) is 5.27. The lowest BCUT2D eigenvalue weighted by atomic mass is 10.0. The molecular formula is C25H16N2O5S. The van der Waals surface area contributed by atoms with Crippen molar-refractivity contribution in [2.24, 2.45) is 0 Å². The molecule has 7 nitrogen and oxygen atoms in total. The fraction of sp³-hybridized carbons (Fsp3) is 0.0400. The third kappa shape index (κ3) is 4.04. The van der Waals surface area contributed by atoms with Crippen LogP contribution in [0.2, 0.25) is 0 Å². The topological polar surface area (TPSA) is 93.7 Å². The number of nitro groups is 1. The molecule has 0 atom stereocenters. The number of thioether (sulfide) groups is 1. The first-order chi connectivity index (χ1) is 16.0. The van der Waals surface area contributed by atoms with Crippen LogP contribution in [-0.2, 0) is 11.3 Å². The van der Waals surface area contributed by atoms with Gasteiger partial charge in [-0.25, -0.2) is 0 Å². The highest BCUT2D eigenvalue weighted by atomic mass is 32.2. The van der Waals surface area contributed by atoms with Gasteiger partial charge < -0.3 is 4.42 Å². The van der Waals surface area contributed by atoms with E-state index >= 15 is 0 Å². The monoisotopic (exact) mass is 456 g/mol. The first-order valence-electron chi connectivity index (χ1n) is 10.1. The molecule has 0 radical (unpaired) electrons. The van der Waals surface area contributed by atoms with Crippen LogP contribution in [0.25, 0.3) is 28.2 Å². The maximum atomic E-state index is 13.0. The summed E-state index contributed by atoms with van der Waals surface area (Å²) >= 11 is 0.862. The Morgan fingerprint density at radius 1 is 0.970 bits per heavy atom. The number of benzene rings is 3. The van der Waals surface area contributed by atoms with Gasteiger partial charge in [-0.05, 0) is 40.2 Å². The number of carbonyl (C=O) groups is 2. The van der Waals surface area contributed by atoms with Gasteiger partial charge in [-0.1, -0.05) is 54.6 Å². The number of hydrogen-bond donors (Lipinski definition) is 0. The van der Waals surface area contributed by atoms with Gasteiger partial charge in [0.25, 0.3) is 16.8 Å². The number of carbonyl (C=O) groups excluding carboxylic acids is 2. The molecule has 2 amide bonds. The van der Waals surface area contributed by atoms with Crippen LogP contribution in [0.5, 0.6) is 0 Å². The lowest BCUT2D eigenvalue weighted by Gasteiger charge is -2.14. The van der Waals surface area contributed by atoms with Gasteiger partial charge in [0.1, 0.15) is 11.5 Å². The van der Waals surface area contributed by atoms with Gasteiger partial charge in [0.15, 0.2) is 0 Å². The van der Waals surface area contributed by atoms with Crippen molar-refractivity contribution in [1.29, 1.82) is 0 Å². The number of hydrogen-bond acceptors (Lipinski definition) is 6. The first kappa shape index (κ1) is 20.7. The van der Waals surface area contributed by atoms with Crippen LogP contribution < -0.4 is 0 Å². The van der Waals surface area contributed by atoms with Crippen molar-refractivity contribution in [1.82, 2.24) is 4.90 Å².